The molecule has 1 fully saturated rings. The van der Waals surface area contributed by atoms with Crippen LogP contribution in [-0.4, -0.2) is 49.1 Å². The number of aliphatic imine (C=N–C) groups is 1. The molecular weight excluding hydrogens is 463 g/mol. The summed E-state index contributed by atoms with van der Waals surface area (Å²) in [6, 6.07) is 7.51. The van der Waals surface area contributed by atoms with Gasteiger partial charge in [-0.05, 0) is 30.7 Å². The first-order valence-corrected chi connectivity index (χ1v) is 8.64. The van der Waals surface area contributed by atoms with Crippen molar-refractivity contribution >= 4 is 35.6 Å². The second-order valence-electron chi connectivity index (χ2n) is 6.24. The number of pyridine rings is 1. The van der Waals surface area contributed by atoms with Gasteiger partial charge in [-0.25, -0.2) is 8.78 Å². The molecule has 5 nitrogen and oxygen atoms in total. The van der Waals surface area contributed by atoms with E-state index in [0.717, 1.165) is 23.3 Å². The number of aromatic nitrogens is 1. The number of anilines is 1. The second-order valence-corrected chi connectivity index (χ2v) is 6.24. The van der Waals surface area contributed by atoms with E-state index in [4.69, 9.17) is 0 Å². The van der Waals surface area contributed by atoms with Crippen molar-refractivity contribution < 1.29 is 8.78 Å². The monoisotopic (exact) mass is 487 g/mol. The van der Waals surface area contributed by atoms with Gasteiger partial charge in [-0.3, -0.25) is 9.98 Å². The van der Waals surface area contributed by atoms with Crippen molar-refractivity contribution in [1.82, 2.24) is 15.2 Å². The second kappa shape index (κ2) is 9.82. The summed E-state index contributed by atoms with van der Waals surface area (Å²) in [6.45, 7) is 5.18. The third-order valence-electron chi connectivity index (χ3n) is 4.57. The van der Waals surface area contributed by atoms with E-state index in [1.54, 1.807) is 13.2 Å². The Kier molecular flexibility index (Phi) is 7.76. The molecule has 1 aliphatic heterocycles. The molecule has 1 N–H and O–H groups in total. The van der Waals surface area contributed by atoms with E-state index in [9.17, 15) is 8.78 Å². The number of halogens is 3. The zero-order valence-electron chi connectivity index (χ0n) is 15.5. The lowest BCUT2D eigenvalue weighted by Crippen LogP contribution is -2.52. The number of nitrogens with zero attached hydrogens (tertiary/aromatic N) is 4. The van der Waals surface area contributed by atoms with Gasteiger partial charge in [-0.2, -0.15) is 0 Å². The lowest BCUT2D eigenvalue weighted by molar-refractivity contribution is 0.370. The van der Waals surface area contributed by atoms with E-state index in [-0.39, 0.29) is 24.0 Å². The van der Waals surface area contributed by atoms with Crippen LogP contribution in [0, 0.1) is 18.6 Å². The van der Waals surface area contributed by atoms with Crippen molar-refractivity contribution in [3.05, 3.63) is 59.4 Å². The third kappa shape index (κ3) is 5.27. The fourth-order valence-corrected chi connectivity index (χ4v) is 3.09. The SMILES string of the molecule is CN=C(NCc1ncccc1C)N1CCN(c2cc(F)ccc2F)CC1.I. The van der Waals surface area contributed by atoms with Crippen molar-refractivity contribution in [1.29, 1.82) is 0 Å². The highest BCUT2D eigenvalue weighted by atomic mass is 127. The van der Waals surface area contributed by atoms with Crippen LogP contribution in [0.15, 0.2) is 41.5 Å². The van der Waals surface area contributed by atoms with Gasteiger partial charge >= 0.3 is 0 Å². The molecule has 2 aromatic rings. The Morgan fingerprint density at radius 1 is 1.19 bits per heavy atom. The Morgan fingerprint density at radius 3 is 2.59 bits per heavy atom. The molecule has 0 aliphatic carbocycles. The summed E-state index contributed by atoms with van der Waals surface area (Å²) in [7, 11) is 1.74. The zero-order valence-corrected chi connectivity index (χ0v) is 17.8. The molecular formula is C19H24F2IN5. The van der Waals surface area contributed by atoms with E-state index >= 15 is 0 Å². The maximum atomic E-state index is 14.0. The average molecular weight is 487 g/mol. The minimum atomic E-state index is -0.424. The van der Waals surface area contributed by atoms with Gasteiger partial charge in [-0.1, -0.05) is 6.07 Å². The van der Waals surface area contributed by atoms with E-state index in [1.165, 1.54) is 12.1 Å². The summed E-state index contributed by atoms with van der Waals surface area (Å²) in [6.07, 6.45) is 1.78. The van der Waals surface area contributed by atoms with Crippen LogP contribution in [0.1, 0.15) is 11.3 Å². The summed E-state index contributed by atoms with van der Waals surface area (Å²) < 4.78 is 27.4. The number of benzene rings is 1. The number of piperazine rings is 1. The molecule has 1 aromatic heterocycles. The largest absolute Gasteiger partial charge is 0.366 e. The molecule has 0 amide bonds. The minimum absolute atomic E-state index is 0. The van der Waals surface area contributed by atoms with Gasteiger partial charge in [0.2, 0.25) is 0 Å². The van der Waals surface area contributed by atoms with Gasteiger partial charge in [0.15, 0.2) is 5.96 Å². The molecule has 3 rings (SSSR count). The van der Waals surface area contributed by atoms with Crippen LogP contribution >= 0.6 is 24.0 Å². The summed E-state index contributed by atoms with van der Waals surface area (Å²) in [5, 5.41) is 3.33. The van der Waals surface area contributed by atoms with Crippen molar-refractivity contribution in [3.63, 3.8) is 0 Å². The highest BCUT2D eigenvalue weighted by Crippen LogP contribution is 2.22. The number of hydrogen-bond acceptors (Lipinski definition) is 3. The van der Waals surface area contributed by atoms with Crippen LogP contribution in [0.5, 0.6) is 0 Å². The molecule has 0 atom stereocenters. The van der Waals surface area contributed by atoms with Crippen molar-refractivity contribution in [3.8, 4) is 0 Å². The highest BCUT2D eigenvalue weighted by molar-refractivity contribution is 14.0. The smallest absolute Gasteiger partial charge is 0.194 e. The molecule has 0 radical (unpaired) electrons. The quantitative estimate of drug-likeness (QED) is 0.411. The Balaban J connectivity index is 0.00000261. The van der Waals surface area contributed by atoms with Gasteiger partial charge in [0.05, 0.1) is 17.9 Å². The lowest BCUT2D eigenvalue weighted by Gasteiger charge is -2.37. The molecule has 0 spiro atoms. The molecule has 0 unspecified atom stereocenters. The fourth-order valence-electron chi connectivity index (χ4n) is 3.09. The Bertz CT molecular complexity index is 791. The zero-order chi connectivity index (χ0) is 18.5. The van der Waals surface area contributed by atoms with Gasteiger partial charge in [0, 0.05) is 45.5 Å². The molecule has 1 saturated heterocycles. The number of guanidine groups is 1. The predicted molar refractivity (Wildman–Crippen MR) is 115 cm³/mol. The van der Waals surface area contributed by atoms with E-state index < -0.39 is 11.6 Å². The van der Waals surface area contributed by atoms with Crippen molar-refractivity contribution in [2.45, 2.75) is 13.5 Å². The first-order valence-electron chi connectivity index (χ1n) is 8.64. The van der Waals surface area contributed by atoms with Gasteiger partial charge in [0.25, 0.3) is 0 Å². The standard InChI is InChI=1S/C19H23F2N5.HI/c1-14-4-3-7-23-17(14)13-24-19(22-2)26-10-8-25(9-11-26)18-12-15(20)5-6-16(18)21;/h3-7,12H,8-11,13H2,1-2H3,(H,22,24);1H. The lowest BCUT2D eigenvalue weighted by atomic mass is 10.2. The van der Waals surface area contributed by atoms with Crippen LogP contribution in [0.2, 0.25) is 0 Å². The Hall–Kier alpha value is -1.97. The summed E-state index contributed by atoms with van der Waals surface area (Å²) in [5.74, 6) is -0.0329. The average Bonchev–Trinajstić information content (AvgIpc) is 2.66. The maximum Gasteiger partial charge on any atom is 0.194 e. The molecule has 0 bridgehead atoms. The summed E-state index contributed by atoms with van der Waals surface area (Å²) >= 11 is 0. The van der Waals surface area contributed by atoms with Crippen LogP contribution in [-0.2, 0) is 6.54 Å². The van der Waals surface area contributed by atoms with Crippen LogP contribution in [0.4, 0.5) is 14.5 Å². The predicted octanol–water partition coefficient (Wildman–Crippen LogP) is 3.18. The summed E-state index contributed by atoms with van der Waals surface area (Å²) in [4.78, 5) is 12.7. The van der Waals surface area contributed by atoms with Crippen LogP contribution in [0.3, 0.4) is 0 Å². The van der Waals surface area contributed by atoms with Crippen LogP contribution < -0.4 is 10.2 Å². The van der Waals surface area contributed by atoms with Crippen molar-refractivity contribution in [2.75, 3.05) is 38.1 Å². The normalized spacial score (nSPS) is 14.7. The highest BCUT2D eigenvalue weighted by Gasteiger charge is 2.22. The summed E-state index contributed by atoms with van der Waals surface area (Å²) in [5.41, 5.74) is 2.42. The van der Waals surface area contributed by atoms with E-state index in [2.05, 4.69) is 20.2 Å². The molecule has 1 aliphatic rings. The van der Waals surface area contributed by atoms with Crippen molar-refractivity contribution in [2.24, 2.45) is 4.99 Å². The van der Waals surface area contributed by atoms with Gasteiger partial charge in [0.1, 0.15) is 11.6 Å². The van der Waals surface area contributed by atoms with Gasteiger partial charge in [-0.15, -0.1) is 24.0 Å². The van der Waals surface area contributed by atoms with E-state index in [0.29, 0.717) is 38.4 Å². The molecule has 8 heteroatoms. The Morgan fingerprint density at radius 2 is 1.93 bits per heavy atom. The molecule has 146 valence electrons. The maximum absolute atomic E-state index is 14.0. The van der Waals surface area contributed by atoms with Crippen LogP contribution in [0.25, 0.3) is 0 Å². The molecule has 1 aromatic carbocycles. The number of nitrogens with one attached hydrogen (secondary N) is 1. The third-order valence-corrected chi connectivity index (χ3v) is 4.57. The number of rotatable bonds is 3. The molecule has 2 heterocycles. The number of aryl methyl sites for hydroxylation is 1. The fraction of sp³-hybridized carbons (Fsp3) is 0.368. The first-order chi connectivity index (χ1) is 12.6. The topological polar surface area (TPSA) is 43.8 Å². The Labute approximate surface area is 175 Å². The molecule has 0 saturated carbocycles. The minimum Gasteiger partial charge on any atom is -0.366 e. The number of hydrogen-bond donors (Lipinski definition) is 1. The van der Waals surface area contributed by atoms with Gasteiger partial charge < -0.3 is 15.1 Å². The van der Waals surface area contributed by atoms with E-state index in [1.807, 2.05) is 24.0 Å². The first kappa shape index (κ1) is 21.3. The molecule has 27 heavy (non-hydrogen) atoms.